The molecule has 0 amide bonds. The topological polar surface area (TPSA) is 35.2 Å². The summed E-state index contributed by atoms with van der Waals surface area (Å²) in [5, 5.41) is 4.36. The Balaban J connectivity index is 1.92. The summed E-state index contributed by atoms with van der Waals surface area (Å²) in [5.41, 5.74) is 10.6. The summed E-state index contributed by atoms with van der Waals surface area (Å²) in [6.07, 6.45) is 3.17. The van der Waals surface area contributed by atoms with E-state index in [0.717, 1.165) is 25.0 Å². The number of methoxy groups -OCH3 is 1. The number of rotatable bonds is 3. The second-order valence-electron chi connectivity index (χ2n) is 5.21. The third kappa shape index (κ3) is 2.53. The molecule has 1 aromatic carbocycles. The fraction of sp³-hybridized carbons (Fsp3) is 0.375. The Morgan fingerprint density at radius 2 is 2.26 bits per heavy atom. The maximum absolute atomic E-state index is 6.35. The largest absolute Gasteiger partial charge is 0.497 e. The van der Waals surface area contributed by atoms with E-state index in [9.17, 15) is 0 Å². The molecule has 2 aromatic rings. The van der Waals surface area contributed by atoms with Crippen molar-refractivity contribution in [1.29, 1.82) is 0 Å². The van der Waals surface area contributed by atoms with Crippen LogP contribution in [0.1, 0.15) is 29.0 Å². The summed E-state index contributed by atoms with van der Waals surface area (Å²) >= 11 is 1.76. The van der Waals surface area contributed by atoms with Gasteiger partial charge in [0.2, 0.25) is 0 Å². The summed E-state index contributed by atoms with van der Waals surface area (Å²) in [6.45, 7) is 0. The van der Waals surface area contributed by atoms with Crippen LogP contribution in [-0.2, 0) is 12.8 Å². The molecular weight excluding hydrogens is 254 g/mol. The number of hydrogen-bond acceptors (Lipinski definition) is 3. The number of aryl methyl sites for hydroxylation is 1. The van der Waals surface area contributed by atoms with E-state index >= 15 is 0 Å². The van der Waals surface area contributed by atoms with E-state index in [1.807, 2.05) is 0 Å². The fourth-order valence-corrected chi connectivity index (χ4v) is 3.65. The van der Waals surface area contributed by atoms with Crippen molar-refractivity contribution in [2.75, 3.05) is 7.11 Å². The molecule has 3 heteroatoms. The minimum absolute atomic E-state index is 0.265. The molecular formula is C16H19NOS. The monoisotopic (exact) mass is 273 g/mol. The van der Waals surface area contributed by atoms with Gasteiger partial charge in [-0.1, -0.05) is 6.07 Å². The van der Waals surface area contributed by atoms with E-state index in [1.54, 1.807) is 18.4 Å². The molecule has 0 saturated carbocycles. The molecule has 100 valence electrons. The molecule has 1 aliphatic carbocycles. The smallest absolute Gasteiger partial charge is 0.119 e. The molecule has 3 rings (SSSR count). The highest BCUT2D eigenvalue weighted by molar-refractivity contribution is 7.07. The number of fused-ring (bicyclic) bond motifs is 1. The molecule has 2 N–H and O–H groups in total. The van der Waals surface area contributed by atoms with Crippen molar-refractivity contribution >= 4 is 11.3 Å². The van der Waals surface area contributed by atoms with Crippen molar-refractivity contribution in [3.8, 4) is 5.75 Å². The van der Waals surface area contributed by atoms with Gasteiger partial charge in [-0.25, -0.2) is 0 Å². The van der Waals surface area contributed by atoms with Gasteiger partial charge in [0, 0.05) is 12.0 Å². The molecule has 2 atom stereocenters. The lowest BCUT2D eigenvalue weighted by Crippen LogP contribution is -2.34. The second kappa shape index (κ2) is 5.35. The van der Waals surface area contributed by atoms with Crippen molar-refractivity contribution < 1.29 is 4.74 Å². The summed E-state index contributed by atoms with van der Waals surface area (Å²) in [6, 6.07) is 8.89. The molecule has 1 heterocycles. The molecule has 0 saturated heterocycles. The molecule has 0 spiro atoms. The Bertz CT molecular complexity index is 550. The van der Waals surface area contributed by atoms with Gasteiger partial charge >= 0.3 is 0 Å². The molecule has 0 unspecified atom stereocenters. The van der Waals surface area contributed by atoms with Gasteiger partial charge in [-0.05, 0) is 64.9 Å². The van der Waals surface area contributed by atoms with Crippen molar-refractivity contribution in [3.05, 3.63) is 51.7 Å². The maximum atomic E-state index is 6.35. The van der Waals surface area contributed by atoms with Crippen LogP contribution in [0.4, 0.5) is 0 Å². The zero-order valence-corrected chi connectivity index (χ0v) is 12.0. The van der Waals surface area contributed by atoms with Crippen molar-refractivity contribution in [3.63, 3.8) is 0 Å². The van der Waals surface area contributed by atoms with Crippen molar-refractivity contribution in [2.24, 2.45) is 5.73 Å². The lowest BCUT2D eigenvalue weighted by Gasteiger charge is -2.31. The highest BCUT2D eigenvalue weighted by Crippen LogP contribution is 2.35. The Labute approximate surface area is 118 Å². The lowest BCUT2D eigenvalue weighted by molar-refractivity contribution is 0.411. The van der Waals surface area contributed by atoms with Crippen LogP contribution >= 0.6 is 11.3 Å². The van der Waals surface area contributed by atoms with Crippen LogP contribution in [0.3, 0.4) is 0 Å². The first-order chi connectivity index (χ1) is 9.28. The first-order valence-electron chi connectivity index (χ1n) is 6.71. The van der Waals surface area contributed by atoms with E-state index in [0.29, 0.717) is 5.92 Å². The highest BCUT2D eigenvalue weighted by atomic mass is 32.1. The normalized spacial score (nSPS) is 22.0. The Morgan fingerprint density at radius 3 is 3.00 bits per heavy atom. The van der Waals surface area contributed by atoms with Gasteiger partial charge in [0.25, 0.3) is 0 Å². The zero-order chi connectivity index (χ0) is 13.2. The summed E-state index contributed by atoms with van der Waals surface area (Å²) < 4.78 is 5.32. The molecule has 19 heavy (non-hydrogen) atoms. The minimum Gasteiger partial charge on any atom is -0.497 e. The van der Waals surface area contributed by atoms with Crippen LogP contribution in [0.15, 0.2) is 35.0 Å². The number of hydrogen-bond donors (Lipinski definition) is 1. The average molecular weight is 273 g/mol. The summed E-state index contributed by atoms with van der Waals surface area (Å²) in [5.74, 6) is 1.38. The molecule has 1 aliphatic rings. The number of benzene rings is 1. The van der Waals surface area contributed by atoms with Crippen LogP contribution in [0.25, 0.3) is 0 Å². The number of thiophene rings is 1. The molecule has 2 nitrogen and oxygen atoms in total. The van der Waals surface area contributed by atoms with Crippen molar-refractivity contribution in [2.45, 2.75) is 31.2 Å². The van der Waals surface area contributed by atoms with Crippen LogP contribution in [0.5, 0.6) is 5.75 Å². The molecule has 0 radical (unpaired) electrons. The Kier molecular flexibility index (Phi) is 3.58. The SMILES string of the molecule is COc1ccc2c(c1)CC[C@H](N)[C@@H]2Cc1ccsc1. The Morgan fingerprint density at radius 1 is 1.37 bits per heavy atom. The van der Waals surface area contributed by atoms with E-state index < -0.39 is 0 Å². The Hall–Kier alpha value is -1.32. The van der Waals surface area contributed by atoms with Crippen LogP contribution in [0.2, 0.25) is 0 Å². The van der Waals surface area contributed by atoms with E-state index in [2.05, 4.69) is 35.0 Å². The predicted octanol–water partition coefficient (Wildman–Crippen LogP) is 3.36. The summed E-state index contributed by atoms with van der Waals surface area (Å²) in [4.78, 5) is 0. The standard InChI is InChI=1S/C16H19NOS/c1-18-13-3-4-14-12(9-13)2-5-16(17)15(14)8-11-6-7-19-10-11/h3-4,6-7,9-10,15-16H,2,5,8,17H2,1H3/t15-,16+/m1/s1. The van der Waals surface area contributed by atoms with Gasteiger partial charge in [0.05, 0.1) is 7.11 Å². The van der Waals surface area contributed by atoms with Gasteiger partial charge in [-0.3, -0.25) is 0 Å². The van der Waals surface area contributed by atoms with Gasteiger partial charge in [-0.2, -0.15) is 11.3 Å². The molecule has 0 aliphatic heterocycles. The second-order valence-corrected chi connectivity index (χ2v) is 5.99. The predicted molar refractivity (Wildman–Crippen MR) is 80.1 cm³/mol. The first-order valence-corrected chi connectivity index (χ1v) is 7.65. The zero-order valence-electron chi connectivity index (χ0n) is 11.1. The van der Waals surface area contributed by atoms with Gasteiger partial charge in [0.15, 0.2) is 0 Å². The average Bonchev–Trinajstić information content (AvgIpc) is 2.94. The van der Waals surface area contributed by atoms with Gasteiger partial charge in [0.1, 0.15) is 5.75 Å². The van der Waals surface area contributed by atoms with Crippen LogP contribution in [-0.4, -0.2) is 13.2 Å². The van der Waals surface area contributed by atoms with Crippen molar-refractivity contribution in [1.82, 2.24) is 0 Å². The number of nitrogens with two attached hydrogens (primary N) is 1. The first kappa shape index (κ1) is 12.7. The molecule has 1 aromatic heterocycles. The third-order valence-electron chi connectivity index (χ3n) is 4.05. The van der Waals surface area contributed by atoms with E-state index in [4.69, 9.17) is 10.5 Å². The number of ether oxygens (including phenoxy) is 1. The maximum Gasteiger partial charge on any atom is 0.119 e. The highest BCUT2D eigenvalue weighted by Gasteiger charge is 2.27. The van der Waals surface area contributed by atoms with Crippen LogP contribution < -0.4 is 10.5 Å². The third-order valence-corrected chi connectivity index (χ3v) is 4.78. The fourth-order valence-electron chi connectivity index (χ4n) is 2.97. The van der Waals surface area contributed by atoms with E-state index in [-0.39, 0.29) is 6.04 Å². The molecule has 0 fully saturated rings. The molecule has 0 bridgehead atoms. The van der Waals surface area contributed by atoms with Gasteiger partial charge in [-0.15, -0.1) is 0 Å². The van der Waals surface area contributed by atoms with E-state index in [1.165, 1.54) is 16.7 Å². The lowest BCUT2D eigenvalue weighted by atomic mass is 9.77. The minimum atomic E-state index is 0.265. The quantitative estimate of drug-likeness (QED) is 0.930. The van der Waals surface area contributed by atoms with Gasteiger partial charge < -0.3 is 10.5 Å². The summed E-state index contributed by atoms with van der Waals surface area (Å²) in [7, 11) is 1.72. The van der Waals surface area contributed by atoms with Crippen LogP contribution in [0, 0.1) is 0 Å².